The van der Waals surface area contributed by atoms with Gasteiger partial charge in [-0.15, -0.1) is 0 Å². The maximum Gasteiger partial charge on any atom is 0.0233 e. The lowest BCUT2D eigenvalue weighted by Crippen LogP contribution is -2.31. The number of allylic oxidation sites excluding steroid dienone is 2. The Bertz CT molecular complexity index is 181. The van der Waals surface area contributed by atoms with Crippen molar-refractivity contribution in [2.75, 3.05) is 0 Å². The Kier molecular flexibility index (Phi) is 1.89. The van der Waals surface area contributed by atoms with Crippen LogP contribution in [-0.2, 0) is 0 Å². The normalized spacial score (nSPS) is 31.2. The van der Waals surface area contributed by atoms with Crippen LogP contribution in [0.15, 0.2) is 11.3 Å². The van der Waals surface area contributed by atoms with Gasteiger partial charge in [0, 0.05) is 11.7 Å². The zero-order valence-corrected chi connectivity index (χ0v) is 7.32. The van der Waals surface area contributed by atoms with Crippen molar-refractivity contribution < 1.29 is 0 Å². The standard InChI is InChI=1S/C10H17N/c1-8-6-7-9-4-2-3-5-10(9)11-8/h8,11H,2-7H2,1H3. The number of hydrogen-bond acceptors (Lipinski definition) is 1. The third-order valence-corrected chi connectivity index (χ3v) is 2.88. The highest BCUT2D eigenvalue weighted by atomic mass is 14.9. The molecule has 0 aromatic rings. The van der Waals surface area contributed by atoms with Gasteiger partial charge < -0.3 is 5.32 Å². The van der Waals surface area contributed by atoms with Crippen LogP contribution in [0.3, 0.4) is 0 Å². The average molecular weight is 151 g/mol. The predicted octanol–water partition coefficient (Wildman–Crippen LogP) is 2.59. The van der Waals surface area contributed by atoms with Crippen LogP contribution < -0.4 is 5.32 Å². The summed E-state index contributed by atoms with van der Waals surface area (Å²) in [6, 6.07) is 0.729. The van der Waals surface area contributed by atoms with E-state index in [2.05, 4.69) is 12.2 Å². The number of rotatable bonds is 0. The highest BCUT2D eigenvalue weighted by Gasteiger charge is 2.18. The summed E-state index contributed by atoms with van der Waals surface area (Å²) in [7, 11) is 0. The van der Waals surface area contributed by atoms with Gasteiger partial charge in [-0.05, 0) is 45.4 Å². The summed E-state index contributed by atoms with van der Waals surface area (Å²) in [4.78, 5) is 0. The highest BCUT2D eigenvalue weighted by molar-refractivity contribution is 5.18. The zero-order chi connectivity index (χ0) is 7.68. The summed E-state index contributed by atoms with van der Waals surface area (Å²) in [5.41, 5.74) is 3.32. The Labute approximate surface area is 68.9 Å². The zero-order valence-electron chi connectivity index (χ0n) is 7.32. The van der Waals surface area contributed by atoms with Gasteiger partial charge in [-0.2, -0.15) is 0 Å². The summed E-state index contributed by atoms with van der Waals surface area (Å²) < 4.78 is 0. The lowest BCUT2D eigenvalue weighted by Gasteiger charge is -2.30. The van der Waals surface area contributed by atoms with Crippen molar-refractivity contribution in [3.8, 4) is 0 Å². The van der Waals surface area contributed by atoms with Crippen molar-refractivity contribution in [2.45, 2.75) is 51.5 Å². The minimum absolute atomic E-state index is 0.729. The van der Waals surface area contributed by atoms with E-state index >= 15 is 0 Å². The second kappa shape index (κ2) is 2.88. The molecule has 0 saturated heterocycles. The van der Waals surface area contributed by atoms with Crippen molar-refractivity contribution in [3.63, 3.8) is 0 Å². The Hall–Kier alpha value is -0.460. The first kappa shape index (κ1) is 7.20. The van der Waals surface area contributed by atoms with E-state index in [0.29, 0.717) is 0 Å². The van der Waals surface area contributed by atoms with Gasteiger partial charge in [-0.25, -0.2) is 0 Å². The lowest BCUT2D eigenvalue weighted by atomic mass is 9.88. The Balaban J connectivity index is 2.12. The van der Waals surface area contributed by atoms with Gasteiger partial charge in [-0.1, -0.05) is 5.57 Å². The molecule has 0 radical (unpaired) electrons. The van der Waals surface area contributed by atoms with Crippen molar-refractivity contribution in [1.82, 2.24) is 5.32 Å². The molecule has 2 rings (SSSR count). The molecular weight excluding hydrogens is 134 g/mol. The maximum absolute atomic E-state index is 3.60. The number of hydrogen-bond donors (Lipinski definition) is 1. The van der Waals surface area contributed by atoms with Crippen molar-refractivity contribution in [2.24, 2.45) is 0 Å². The van der Waals surface area contributed by atoms with E-state index in [9.17, 15) is 0 Å². The molecule has 0 spiro atoms. The summed E-state index contributed by atoms with van der Waals surface area (Å²) >= 11 is 0. The van der Waals surface area contributed by atoms with Gasteiger partial charge >= 0.3 is 0 Å². The van der Waals surface area contributed by atoms with Crippen LogP contribution in [0, 0.1) is 0 Å². The van der Waals surface area contributed by atoms with Crippen molar-refractivity contribution >= 4 is 0 Å². The Morgan fingerprint density at radius 2 is 2.00 bits per heavy atom. The molecule has 1 N–H and O–H groups in total. The summed E-state index contributed by atoms with van der Waals surface area (Å²) in [5.74, 6) is 0. The topological polar surface area (TPSA) is 12.0 Å². The minimum Gasteiger partial charge on any atom is -0.386 e. The lowest BCUT2D eigenvalue weighted by molar-refractivity contribution is 0.470. The fraction of sp³-hybridized carbons (Fsp3) is 0.800. The molecule has 0 aromatic carbocycles. The molecule has 0 saturated carbocycles. The van der Waals surface area contributed by atoms with Gasteiger partial charge in [-0.3, -0.25) is 0 Å². The molecule has 0 aromatic heterocycles. The Morgan fingerprint density at radius 1 is 1.18 bits per heavy atom. The fourth-order valence-corrected chi connectivity index (χ4v) is 2.18. The van der Waals surface area contributed by atoms with Gasteiger partial charge in [0.15, 0.2) is 0 Å². The molecule has 1 heteroatoms. The van der Waals surface area contributed by atoms with Gasteiger partial charge in [0.2, 0.25) is 0 Å². The molecule has 2 aliphatic rings. The summed E-state index contributed by atoms with van der Waals surface area (Å²) in [6.07, 6.45) is 8.23. The third-order valence-electron chi connectivity index (χ3n) is 2.88. The molecule has 1 heterocycles. The molecule has 11 heavy (non-hydrogen) atoms. The first-order valence-corrected chi connectivity index (χ1v) is 4.83. The predicted molar refractivity (Wildman–Crippen MR) is 47.3 cm³/mol. The summed E-state index contributed by atoms with van der Waals surface area (Å²) in [6.45, 7) is 2.29. The van der Waals surface area contributed by atoms with E-state index < -0.39 is 0 Å². The smallest absolute Gasteiger partial charge is 0.0233 e. The van der Waals surface area contributed by atoms with Crippen LogP contribution in [0.4, 0.5) is 0 Å². The minimum atomic E-state index is 0.729. The van der Waals surface area contributed by atoms with E-state index in [4.69, 9.17) is 0 Å². The van der Waals surface area contributed by atoms with Crippen molar-refractivity contribution in [1.29, 1.82) is 0 Å². The van der Waals surface area contributed by atoms with Crippen LogP contribution in [0.25, 0.3) is 0 Å². The van der Waals surface area contributed by atoms with E-state index in [-0.39, 0.29) is 0 Å². The summed E-state index contributed by atoms with van der Waals surface area (Å²) in [5, 5.41) is 3.60. The fourth-order valence-electron chi connectivity index (χ4n) is 2.18. The Morgan fingerprint density at radius 3 is 2.91 bits per heavy atom. The van der Waals surface area contributed by atoms with E-state index in [1.165, 1.54) is 38.5 Å². The first-order chi connectivity index (χ1) is 5.36. The van der Waals surface area contributed by atoms with Gasteiger partial charge in [0.25, 0.3) is 0 Å². The molecule has 1 nitrogen and oxygen atoms in total. The molecule has 1 atom stereocenters. The van der Waals surface area contributed by atoms with E-state index in [0.717, 1.165) is 6.04 Å². The molecular formula is C10H17N. The van der Waals surface area contributed by atoms with Crippen molar-refractivity contribution in [3.05, 3.63) is 11.3 Å². The quantitative estimate of drug-likeness (QED) is 0.561. The molecule has 1 unspecified atom stereocenters. The van der Waals surface area contributed by atoms with Crippen LogP contribution >= 0.6 is 0 Å². The molecule has 1 aliphatic carbocycles. The largest absolute Gasteiger partial charge is 0.386 e. The molecule has 0 amide bonds. The number of nitrogens with one attached hydrogen (secondary N) is 1. The average Bonchev–Trinajstić information content (AvgIpc) is 2.04. The molecule has 0 fully saturated rings. The van der Waals surface area contributed by atoms with E-state index in [1.54, 1.807) is 11.3 Å². The SMILES string of the molecule is CC1CCC2=C(CCCC2)N1. The van der Waals surface area contributed by atoms with Crippen LogP contribution in [0.5, 0.6) is 0 Å². The van der Waals surface area contributed by atoms with Gasteiger partial charge in [0.1, 0.15) is 0 Å². The first-order valence-electron chi connectivity index (χ1n) is 4.83. The second-order valence-corrected chi connectivity index (χ2v) is 3.87. The molecule has 1 aliphatic heterocycles. The monoisotopic (exact) mass is 151 g/mol. The van der Waals surface area contributed by atoms with Crippen LogP contribution in [-0.4, -0.2) is 6.04 Å². The maximum atomic E-state index is 3.60. The second-order valence-electron chi connectivity index (χ2n) is 3.87. The highest BCUT2D eigenvalue weighted by Crippen LogP contribution is 2.30. The van der Waals surface area contributed by atoms with Crippen LogP contribution in [0.1, 0.15) is 45.4 Å². The molecule has 62 valence electrons. The van der Waals surface area contributed by atoms with Gasteiger partial charge in [0.05, 0.1) is 0 Å². The third kappa shape index (κ3) is 1.42. The molecule has 0 bridgehead atoms. The van der Waals surface area contributed by atoms with E-state index in [1.807, 2.05) is 0 Å². The van der Waals surface area contributed by atoms with Crippen LogP contribution in [0.2, 0.25) is 0 Å².